The predicted octanol–water partition coefficient (Wildman–Crippen LogP) is 2.66. The molecule has 0 radical (unpaired) electrons. The first-order chi connectivity index (χ1) is 7.61. The van der Waals surface area contributed by atoms with Crippen LogP contribution >= 0.6 is 0 Å². The van der Waals surface area contributed by atoms with Gasteiger partial charge >= 0.3 is 5.97 Å². The maximum atomic E-state index is 11.7. The van der Waals surface area contributed by atoms with E-state index >= 15 is 0 Å². The van der Waals surface area contributed by atoms with Crippen molar-refractivity contribution in [2.24, 2.45) is 0 Å². The average Bonchev–Trinajstić information content (AvgIpc) is 2.28. The van der Waals surface area contributed by atoms with Crippen molar-refractivity contribution in [3.8, 4) is 0 Å². The Bertz CT molecular complexity index is 216. The van der Waals surface area contributed by atoms with Crippen molar-refractivity contribution in [1.82, 2.24) is 0 Å². The second kappa shape index (κ2) is 9.82. The van der Waals surface area contributed by atoms with Gasteiger partial charge in [-0.1, -0.05) is 39.5 Å². The lowest BCUT2D eigenvalue weighted by Crippen LogP contribution is -2.19. The van der Waals surface area contributed by atoms with Crippen LogP contribution in [0.5, 0.6) is 0 Å². The molecule has 4 heteroatoms. The van der Waals surface area contributed by atoms with Crippen LogP contribution in [0.15, 0.2) is 0 Å². The zero-order chi connectivity index (χ0) is 12.4. The smallest absolute Gasteiger partial charge is 0.306 e. The Kier molecular flexibility index (Phi) is 9.59. The Hall–Kier alpha value is -0.380. The number of esters is 1. The third kappa shape index (κ3) is 7.85. The summed E-state index contributed by atoms with van der Waals surface area (Å²) in [6, 6.07) is 0. The second-order valence-corrected chi connectivity index (χ2v) is 6.06. The summed E-state index contributed by atoms with van der Waals surface area (Å²) in [7, 11) is 0.471. The van der Waals surface area contributed by atoms with Crippen LogP contribution in [0.25, 0.3) is 0 Å². The van der Waals surface area contributed by atoms with Crippen molar-refractivity contribution in [2.75, 3.05) is 12.9 Å². The molecule has 0 rings (SSSR count). The fourth-order valence-corrected chi connectivity index (χ4v) is 2.67. The van der Waals surface area contributed by atoms with Crippen LogP contribution in [-0.4, -0.2) is 28.3 Å². The number of hydrogen-bond acceptors (Lipinski definition) is 3. The van der Waals surface area contributed by atoms with E-state index in [1.54, 1.807) is 0 Å². The molecule has 0 saturated heterocycles. The van der Waals surface area contributed by atoms with Gasteiger partial charge in [0.05, 0.1) is 13.5 Å². The molecular formula is C12H24O3S. The zero-order valence-electron chi connectivity index (χ0n) is 10.7. The highest BCUT2D eigenvalue weighted by Crippen LogP contribution is 2.08. The first-order valence-electron chi connectivity index (χ1n) is 6.05. The predicted molar refractivity (Wildman–Crippen MR) is 67.9 cm³/mol. The number of hydrogen-bond donors (Lipinski definition) is 0. The summed E-state index contributed by atoms with van der Waals surface area (Å²) in [5.74, 6) is 0.439. The summed E-state index contributed by atoms with van der Waals surface area (Å²) in [4.78, 5) is 11.0. The number of carbonyl (C=O) groups is 1. The number of ether oxygens (including phenoxy) is 1. The topological polar surface area (TPSA) is 43.4 Å². The highest BCUT2D eigenvalue weighted by atomic mass is 32.2. The fourth-order valence-electron chi connectivity index (χ4n) is 1.46. The van der Waals surface area contributed by atoms with Crippen LogP contribution in [0.2, 0.25) is 0 Å². The first kappa shape index (κ1) is 15.6. The quantitative estimate of drug-likeness (QED) is 0.465. The van der Waals surface area contributed by atoms with Crippen LogP contribution in [0.3, 0.4) is 0 Å². The maximum absolute atomic E-state index is 11.7. The van der Waals surface area contributed by atoms with Gasteiger partial charge in [-0.25, -0.2) is 0 Å². The normalized spacial score (nSPS) is 14.4. The van der Waals surface area contributed by atoms with Gasteiger partial charge in [0.2, 0.25) is 0 Å². The molecule has 0 aliphatic carbocycles. The van der Waals surface area contributed by atoms with Crippen LogP contribution in [0.1, 0.15) is 52.4 Å². The fraction of sp³-hybridized carbons (Fsp3) is 0.917. The lowest BCUT2D eigenvalue weighted by atomic mass is 10.2. The molecular weight excluding hydrogens is 224 g/mol. The van der Waals surface area contributed by atoms with Gasteiger partial charge in [-0.3, -0.25) is 9.00 Å². The third-order valence-corrected chi connectivity index (χ3v) is 4.33. The van der Waals surface area contributed by atoms with E-state index in [0.29, 0.717) is 5.75 Å². The number of methoxy groups -OCH3 is 1. The summed E-state index contributed by atoms with van der Waals surface area (Å²) >= 11 is 0. The van der Waals surface area contributed by atoms with Gasteiger partial charge in [-0.2, -0.15) is 0 Å². The molecule has 0 bridgehead atoms. The summed E-state index contributed by atoms with van der Waals surface area (Å²) < 4.78 is 16.3. The minimum Gasteiger partial charge on any atom is -0.469 e. The highest BCUT2D eigenvalue weighted by Gasteiger charge is 2.15. The minimum absolute atomic E-state index is 0.0846. The minimum atomic E-state index is -0.893. The van der Waals surface area contributed by atoms with Gasteiger partial charge in [-0.15, -0.1) is 0 Å². The average molecular weight is 248 g/mol. The van der Waals surface area contributed by atoms with Gasteiger partial charge in [-0.05, 0) is 6.42 Å². The van der Waals surface area contributed by atoms with Crippen molar-refractivity contribution in [1.29, 1.82) is 0 Å². The Morgan fingerprint density at radius 3 is 2.44 bits per heavy atom. The Balaban J connectivity index is 3.59. The monoisotopic (exact) mass is 248 g/mol. The highest BCUT2D eigenvalue weighted by molar-refractivity contribution is 7.85. The van der Waals surface area contributed by atoms with E-state index in [2.05, 4.69) is 11.7 Å². The summed E-state index contributed by atoms with van der Waals surface area (Å²) in [6.07, 6.45) is 6.10. The number of unbranched alkanes of at least 4 members (excludes halogenated alkanes) is 4. The van der Waals surface area contributed by atoms with E-state index in [4.69, 9.17) is 0 Å². The van der Waals surface area contributed by atoms with E-state index in [1.807, 2.05) is 6.92 Å². The Morgan fingerprint density at radius 1 is 1.25 bits per heavy atom. The van der Waals surface area contributed by atoms with Crippen molar-refractivity contribution in [2.45, 2.75) is 57.6 Å². The molecule has 0 aliphatic rings. The molecule has 96 valence electrons. The van der Waals surface area contributed by atoms with Crippen LogP contribution in [0.4, 0.5) is 0 Å². The van der Waals surface area contributed by atoms with Crippen LogP contribution in [-0.2, 0) is 20.3 Å². The molecule has 0 aromatic rings. The molecule has 16 heavy (non-hydrogen) atoms. The summed E-state index contributed by atoms with van der Waals surface area (Å²) in [5.41, 5.74) is 0. The molecule has 0 aromatic heterocycles. The zero-order valence-corrected chi connectivity index (χ0v) is 11.5. The van der Waals surface area contributed by atoms with Crippen molar-refractivity contribution in [3.63, 3.8) is 0 Å². The Labute approximate surface area is 101 Å². The van der Waals surface area contributed by atoms with Gasteiger partial charge in [0.25, 0.3) is 0 Å². The largest absolute Gasteiger partial charge is 0.469 e. The first-order valence-corrected chi connectivity index (χ1v) is 7.44. The molecule has 0 saturated carbocycles. The molecule has 2 atom stereocenters. The standard InChI is InChI=1S/C12H24O3S/c1-4-5-6-7-8-9-16(14)11(2)10-12(13)15-3/h11H,4-10H2,1-3H3. The lowest BCUT2D eigenvalue weighted by molar-refractivity contribution is -0.140. The molecule has 0 fully saturated rings. The van der Waals surface area contributed by atoms with E-state index < -0.39 is 10.8 Å². The second-order valence-electron chi connectivity index (χ2n) is 4.09. The Morgan fingerprint density at radius 2 is 1.88 bits per heavy atom. The van der Waals surface area contributed by atoms with E-state index in [0.717, 1.165) is 12.8 Å². The molecule has 3 nitrogen and oxygen atoms in total. The van der Waals surface area contributed by atoms with Crippen LogP contribution in [0, 0.1) is 0 Å². The molecule has 0 aromatic carbocycles. The van der Waals surface area contributed by atoms with Crippen LogP contribution < -0.4 is 0 Å². The molecule has 0 spiro atoms. The van der Waals surface area contributed by atoms with Crippen molar-refractivity contribution >= 4 is 16.8 Å². The van der Waals surface area contributed by atoms with Crippen molar-refractivity contribution in [3.05, 3.63) is 0 Å². The molecule has 0 amide bonds. The van der Waals surface area contributed by atoms with Gasteiger partial charge in [0.1, 0.15) is 0 Å². The molecule has 0 aliphatic heterocycles. The summed E-state index contributed by atoms with van der Waals surface area (Å²) in [6.45, 7) is 4.02. The van der Waals surface area contributed by atoms with E-state index in [9.17, 15) is 9.00 Å². The third-order valence-electron chi connectivity index (χ3n) is 2.58. The maximum Gasteiger partial charge on any atom is 0.306 e. The molecule has 0 heterocycles. The van der Waals surface area contributed by atoms with E-state index in [1.165, 1.54) is 26.4 Å². The molecule has 0 N–H and O–H groups in total. The van der Waals surface area contributed by atoms with Crippen molar-refractivity contribution < 1.29 is 13.7 Å². The van der Waals surface area contributed by atoms with E-state index in [-0.39, 0.29) is 17.6 Å². The molecule has 2 unspecified atom stereocenters. The summed E-state index contributed by atoms with van der Waals surface area (Å²) in [5, 5.41) is -0.0846. The SMILES string of the molecule is CCCCCCCS(=O)C(C)CC(=O)OC. The number of rotatable bonds is 9. The number of carbonyl (C=O) groups excluding carboxylic acids is 1. The van der Waals surface area contributed by atoms with Gasteiger partial charge < -0.3 is 4.74 Å². The lowest BCUT2D eigenvalue weighted by Gasteiger charge is -2.09. The van der Waals surface area contributed by atoms with Gasteiger partial charge in [0.15, 0.2) is 0 Å². The van der Waals surface area contributed by atoms with Gasteiger partial charge in [0, 0.05) is 21.8 Å².